The highest BCUT2D eigenvalue weighted by Crippen LogP contribution is 2.35. The second-order valence-electron chi connectivity index (χ2n) is 4.84. The van der Waals surface area contributed by atoms with E-state index in [1.807, 2.05) is 12.1 Å². The van der Waals surface area contributed by atoms with Crippen LogP contribution in [0.2, 0.25) is 0 Å². The highest BCUT2D eigenvalue weighted by molar-refractivity contribution is 5.29. The summed E-state index contributed by atoms with van der Waals surface area (Å²) in [6, 6.07) is 8.49. The van der Waals surface area contributed by atoms with Gasteiger partial charge in [-0.2, -0.15) is 0 Å². The second-order valence-corrected chi connectivity index (χ2v) is 4.84. The van der Waals surface area contributed by atoms with Gasteiger partial charge in [-0.05, 0) is 49.8 Å². The highest BCUT2D eigenvalue weighted by atomic mass is 16.3. The molecule has 0 spiro atoms. The van der Waals surface area contributed by atoms with Crippen LogP contribution in [0.5, 0.6) is 5.75 Å². The molecule has 1 aromatic carbocycles. The summed E-state index contributed by atoms with van der Waals surface area (Å²) < 4.78 is 0. The number of rotatable bonds is 5. The first-order valence-electron chi connectivity index (χ1n) is 6.25. The van der Waals surface area contributed by atoms with Crippen molar-refractivity contribution >= 4 is 0 Å². The molecular formula is C14H21NO. The van der Waals surface area contributed by atoms with Crippen molar-refractivity contribution in [2.45, 2.75) is 45.2 Å². The smallest absolute Gasteiger partial charge is 0.115 e. The van der Waals surface area contributed by atoms with Gasteiger partial charge in [-0.15, -0.1) is 0 Å². The van der Waals surface area contributed by atoms with Crippen molar-refractivity contribution in [2.24, 2.45) is 5.92 Å². The van der Waals surface area contributed by atoms with E-state index < -0.39 is 0 Å². The minimum Gasteiger partial charge on any atom is -0.508 e. The Kier molecular flexibility index (Phi) is 3.49. The van der Waals surface area contributed by atoms with Crippen molar-refractivity contribution in [1.82, 2.24) is 5.32 Å². The maximum atomic E-state index is 9.45. The van der Waals surface area contributed by atoms with E-state index >= 15 is 0 Å². The fourth-order valence-corrected chi connectivity index (χ4v) is 2.30. The van der Waals surface area contributed by atoms with E-state index in [1.54, 1.807) is 6.07 Å². The summed E-state index contributed by atoms with van der Waals surface area (Å²) >= 11 is 0. The van der Waals surface area contributed by atoms with Crippen LogP contribution in [0.3, 0.4) is 0 Å². The molecule has 2 N–H and O–H groups in total. The van der Waals surface area contributed by atoms with Crippen molar-refractivity contribution < 1.29 is 5.11 Å². The monoisotopic (exact) mass is 219 g/mol. The Labute approximate surface area is 97.7 Å². The fraction of sp³-hybridized carbons (Fsp3) is 0.571. The molecule has 1 aliphatic carbocycles. The Morgan fingerprint density at radius 1 is 1.44 bits per heavy atom. The van der Waals surface area contributed by atoms with Crippen molar-refractivity contribution in [2.75, 3.05) is 0 Å². The van der Waals surface area contributed by atoms with Crippen molar-refractivity contribution in [3.63, 3.8) is 0 Å². The number of aromatic hydroxyl groups is 1. The zero-order valence-corrected chi connectivity index (χ0v) is 10.1. The molecule has 1 fully saturated rings. The molecule has 0 saturated heterocycles. The molecule has 0 aromatic heterocycles. The third kappa shape index (κ3) is 2.76. The van der Waals surface area contributed by atoms with E-state index in [0.717, 1.165) is 5.92 Å². The van der Waals surface area contributed by atoms with Crippen molar-refractivity contribution in [3.05, 3.63) is 29.8 Å². The van der Waals surface area contributed by atoms with Crippen LogP contribution in [0.15, 0.2) is 24.3 Å². The fourth-order valence-electron chi connectivity index (χ4n) is 2.30. The summed E-state index contributed by atoms with van der Waals surface area (Å²) in [5, 5.41) is 13.1. The summed E-state index contributed by atoms with van der Waals surface area (Å²) in [5.74, 6) is 1.23. The molecule has 2 heteroatoms. The van der Waals surface area contributed by atoms with Gasteiger partial charge in [-0.1, -0.05) is 19.1 Å². The first-order chi connectivity index (χ1) is 7.70. The van der Waals surface area contributed by atoms with E-state index in [-0.39, 0.29) is 0 Å². The van der Waals surface area contributed by atoms with E-state index in [4.69, 9.17) is 0 Å². The van der Waals surface area contributed by atoms with Crippen molar-refractivity contribution in [3.8, 4) is 5.75 Å². The number of benzene rings is 1. The average Bonchev–Trinajstić information content (AvgIpc) is 3.09. The lowest BCUT2D eigenvalue weighted by molar-refractivity contribution is 0.403. The Morgan fingerprint density at radius 2 is 2.19 bits per heavy atom. The molecule has 1 aromatic rings. The van der Waals surface area contributed by atoms with Crippen LogP contribution in [-0.4, -0.2) is 11.1 Å². The second kappa shape index (κ2) is 4.88. The summed E-state index contributed by atoms with van der Waals surface area (Å²) in [6.07, 6.45) is 3.93. The molecule has 16 heavy (non-hydrogen) atoms. The molecule has 0 bridgehead atoms. The lowest BCUT2D eigenvalue weighted by Gasteiger charge is -2.22. The highest BCUT2D eigenvalue weighted by Gasteiger charge is 2.30. The van der Waals surface area contributed by atoms with Gasteiger partial charge in [0.1, 0.15) is 5.75 Å². The molecule has 2 rings (SSSR count). The number of phenolic OH excluding ortho intramolecular Hbond substituents is 1. The number of nitrogens with one attached hydrogen (secondary N) is 1. The van der Waals surface area contributed by atoms with Crippen LogP contribution in [-0.2, 0) is 0 Å². The van der Waals surface area contributed by atoms with E-state index in [9.17, 15) is 5.11 Å². The predicted molar refractivity (Wildman–Crippen MR) is 66.5 cm³/mol. The van der Waals surface area contributed by atoms with Crippen LogP contribution in [0, 0.1) is 5.92 Å². The first kappa shape index (κ1) is 11.5. The zero-order valence-electron chi connectivity index (χ0n) is 10.1. The maximum Gasteiger partial charge on any atom is 0.115 e. The molecule has 0 radical (unpaired) electrons. The molecule has 0 heterocycles. The molecule has 2 unspecified atom stereocenters. The number of hydrogen-bond donors (Lipinski definition) is 2. The lowest BCUT2D eigenvalue weighted by Crippen LogP contribution is -2.32. The van der Waals surface area contributed by atoms with Gasteiger partial charge in [0.2, 0.25) is 0 Å². The van der Waals surface area contributed by atoms with E-state index in [1.165, 1.54) is 24.8 Å². The normalized spacial score (nSPS) is 19.4. The summed E-state index contributed by atoms with van der Waals surface area (Å²) in [7, 11) is 0. The standard InChI is InChI=1S/C14H21NO/c1-3-14(11-7-8-11)15-10(2)12-5-4-6-13(16)9-12/h4-6,9-11,14-16H,3,7-8H2,1-2H3. The van der Waals surface area contributed by atoms with Gasteiger partial charge in [0, 0.05) is 12.1 Å². The first-order valence-corrected chi connectivity index (χ1v) is 6.25. The van der Waals surface area contributed by atoms with Crippen LogP contribution < -0.4 is 5.32 Å². The molecule has 0 amide bonds. The molecule has 1 aliphatic rings. The minimum atomic E-state index is 0.317. The molecule has 1 saturated carbocycles. The van der Waals surface area contributed by atoms with Gasteiger partial charge in [0.25, 0.3) is 0 Å². The van der Waals surface area contributed by atoms with Crippen LogP contribution >= 0.6 is 0 Å². The van der Waals surface area contributed by atoms with Gasteiger partial charge in [0.05, 0.1) is 0 Å². The Bertz CT molecular complexity index is 346. The minimum absolute atomic E-state index is 0.317. The number of hydrogen-bond acceptors (Lipinski definition) is 2. The van der Waals surface area contributed by atoms with E-state index in [2.05, 4.69) is 25.2 Å². The molecular weight excluding hydrogens is 198 g/mol. The van der Waals surface area contributed by atoms with Gasteiger partial charge < -0.3 is 10.4 Å². The summed E-state index contributed by atoms with van der Waals surface area (Å²) in [6.45, 7) is 4.41. The predicted octanol–water partition coefficient (Wildman–Crippen LogP) is 3.23. The Hall–Kier alpha value is -1.02. The van der Waals surface area contributed by atoms with E-state index in [0.29, 0.717) is 17.8 Å². The Balaban J connectivity index is 1.98. The molecule has 88 valence electrons. The SMILES string of the molecule is CCC(NC(C)c1cccc(O)c1)C1CC1. The third-order valence-electron chi connectivity index (χ3n) is 3.47. The van der Waals surface area contributed by atoms with Gasteiger partial charge in [-0.25, -0.2) is 0 Å². The van der Waals surface area contributed by atoms with Gasteiger partial charge in [0.15, 0.2) is 0 Å². The third-order valence-corrected chi connectivity index (χ3v) is 3.47. The lowest BCUT2D eigenvalue weighted by atomic mass is 10.0. The largest absolute Gasteiger partial charge is 0.508 e. The summed E-state index contributed by atoms with van der Waals surface area (Å²) in [4.78, 5) is 0. The molecule has 0 aliphatic heterocycles. The molecule has 2 atom stereocenters. The van der Waals surface area contributed by atoms with Crippen molar-refractivity contribution in [1.29, 1.82) is 0 Å². The maximum absolute atomic E-state index is 9.45. The van der Waals surface area contributed by atoms with Crippen LogP contribution in [0.25, 0.3) is 0 Å². The van der Waals surface area contributed by atoms with Gasteiger partial charge in [-0.3, -0.25) is 0 Å². The van der Waals surface area contributed by atoms with Crippen LogP contribution in [0.1, 0.15) is 44.7 Å². The molecule has 2 nitrogen and oxygen atoms in total. The topological polar surface area (TPSA) is 32.3 Å². The zero-order chi connectivity index (χ0) is 11.5. The quantitative estimate of drug-likeness (QED) is 0.797. The Morgan fingerprint density at radius 3 is 2.75 bits per heavy atom. The summed E-state index contributed by atoms with van der Waals surface area (Å²) in [5.41, 5.74) is 1.17. The van der Waals surface area contributed by atoms with Gasteiger partial charge >= 0.3 is 0 Å². The number of phenols is 1. The average molecular weight is 219 g/mol. The van der Waals surface area contributed by atoms with Crippen LogP contribution in [0.4, 0.5) is 0 Å².